The number of hydrogen-bond acceptors (Lipinski definition) is 10. The number of quaternary nitrogens is 1. The van der Waals surface area contributed by atoms with E-state index in [4.69, 9.17) is 9.47 Å². The average molecular weight is 710 g/mol. The SMILES string of the molecule is CNC(=O)[C@@H]1C[C@@H](O)C[N+]1(C)C1(c2cc(C)ccc2OC)C(=O)N(S(=O)(=O)c2ccc(OC)cc2OC(F)(F)F)c2ccc([N+](=O)[O-])cc21. The van der Waals surface area contributed by atoms with Crippen LogP contribution in [0.4, 0.5) is 24.5 Å². The number of methoxy groups -OCH3 is 2. The molecule has 0 aliphatic carbocycles. The number of carbonyl (C=O) groups excluding carboxylic acids is 2. The molecule has 3 aromatic rings. The molecule has 5 rings (SSSR count). The number of likely N-dealkylation sites (N-methyl/N-ethyl adjacent to an activating group) is 2. The van der Waals surface area contributed by atoms with Crippen LogP contribution < -0.4 is 23.8 Å². The number of ether oxygens (including phenoxy) is 3. The van der Waals surface area contributed by atoms with Crippen molar-refractivity contribution in [2.45, 2.75) is 42.3 Å². The fraction of sp³-hybridized carbons (Fsp3) is 0.355. The van der Waals surface area contributed by atoms with Gasteiger partial charge in [-0.05, 0) is 37.3 Å². The van der Waals surface area contributed by atoms with Crippen LogP contribution in [0.2, 0.25) is 0 Å². The van der Waals surface area contributed by atoms with Crippen molar-refractivity contribution in [1.82, 2.24) is 5.32 Å². The van der Waals surface area contributed by atoms with Gasteiger partial charge in [-0.3, -0.25) is 24.2 Å². The molecule has 1 saturated heterocycles. The van der Waals surface area contributed by atoms with Crippen molar-refractivity contribution in [3.63, 3.8) is 0 Å². The Morgan fingerprint density at radius 3 is 2.37 bits per heavy atom. The number of fused-ring (bicyclic) bond motifs is 1. The number of sulfonamides is 1. The monoisotopic (exact) mass is 709 g/mol. The highest BCUT2D eigenvalue weighted by Crippen LogP contribution is 2.58. The Morgan fingerprint density at radius 1 is 1.08 bits per heavy atom. The first kappa shape index (κ1) is 35.4. The number of nitrogens with zero attached hydrogens (tertiary/aromatic N) is 3. The molecule has 49 heavy (non-hydrogen) atoms. The van der Waals surface area contributed by atoms with Gasteiger partial charge in [-0.2, -0.15) is 4.31 Å². The normalized spacial score (nSPS) is 23.6. The van der Waals surface area contributed by atoms with Gasteiger partial charge in [0.2, 0.25) is 5.54 Å². The Hall–Kier alpha value is -4.94. The predicted octanol–water partition coefficient (Wildman–Crippen LogP) is 3.12. The average Bonchev–Trinajstić information content (AvgIpc) is 3.49. The zero-order valence-electron chi connectivity index (χ0n) is 26.8. The van der Waals surface area contributed by atoms with Crippen LogP contribution >= 0.6 is 0 Å². The number of hydrogen-bond donors (Lipinski definition) is 2. The Morgan fingerprint density at radius 2 is 1.78 bits per heavy atom. The molecule has 0 saturated carbocycles. The van der Waals surface area contributed by atoms with E-state index >= 15 is 4.79 Å². The Bertz CT molecular complexity index is 1970. The van der Waals surface area contributed by atoms with Crippen LogP contribution in [0, 0.1) is 17.0 Å². The van der Waals surface area contributed by atoms with Gasteiger partial charge in [0.1, 0.15) is 29.0 Å². The van der Waals surface area contributed by atoms with E-state index in [-0.39, 0.29) is 39.9 Å². The van der Waals surface area contributed by atoms with Crippen molar-refractivity contribution in [2.24, 2.45) is 0 Å². The van der Waals surface area contributed by atoms with E-state index < -0.39 is 77.3 Å². The van der Waals surface area contributed by atoms with E-state index in [1.165, 1.54) is 33.3 Å². The molecule has 2 aliphatic heterocycles. The zero-order valence-corrected chi connectivity index (χ0v) is 27.6. The highest BCUT2D eigenvalue weighted by molar-refractivity contribution is 7.93. The van der Waals surface area contributed by atoms with Crippen molar-refractivity contribution in [1.29, 1.82) is 0 Å². The third-order valence-corrected chi connectivity index (χ3v) is 10.8. The van der Waals surface area contributed by atoms with Gasteiger partial charge in [0.15, 0.2) is 11.8 Å². The van der Waals surface area contributed by atoms with Gasteiger partial charge in [-0.25, -0.2) is 8.42 Å². The second-order valence-corrected chi connectivity index (χ2v) is 13.5. The van der Waals surface area contributed by atoms with E-state index in [2.05, 4.69) is 10.1 Å². The predicted molar refractivity (Wildman–Crippen MR) is 165 cm³/mol. The fourth-order valence-corrected chi connectivity index (χ4v) is 8.57. The van der Waals surface area contributed by atoms with Crippen LogP contribution in [-0.2, 0) is 25.2 Å². The first-order chi connectivity index (χ1) is 22.9. The third kappa shape index (κ3) is 5.48. The maximum Gasteiger partial charge on any atom is 0.573 e. The molecule has 0 radical (unpaired) electrons. The van der Waals surface area contributed by atoms with Crippen LogP contribution in [0.3, 0.4) is 0 Å². The molecular weight excluding hydrogens is 677 g/mol. The highest BCUT2D eigenvalue weighted by Gasteiger charge is 2.72. The van der Waals surface area contributed by atoms with E-state index in [9.17, 15) is 41.6 Å². The number of amides is 2. The van der Waals surface area contributed by atoms with Gasteiger partial charge >= 0.3 is 12.3 Å². The molecule has 0 aromatic heterocycles. The second-order valence-electron chi connectivity index (χ2n) is 11.8. The molecule has 262 valence electrons. The van der Waals surface area contributed by atoms with Gasteiger partial charge in [0.25, 0.3) is 21.6 Å². The summed E-state index contributed by atoms with van der Waals surface area (Å²) in [4.78, 5) is 39.2. The molecule has 18 heteroatoms. The lowest BCUT2D eigenvalue weighted by molar-refractivity contribution is -0.953. The topological polar surface area (TPSA) is 175 Å². The molecule has 4 atom stereocenters. The molecule has 0 bridgehead atoms. The molecule has 14 nitrogen and oxygen atoms in total. The van der Waals surface area contributed by atoms with Crippen molar-refractivity contribution in [3.05, 3.63) is 81.4 Å². The number of benzene rings is 3. The highest BCUT2D eigenvalue weighted by atomic mass is 32.2. The van der Waals surface area contributed by atoms with Gasteiger partial charge < -0.3 is 24.6 Å². The lowest BCUT2D eigenvalue weighted by Crippen LogP contribution is -2.69. The van der Waals surface area contributed by atoms with Crippen molar-refractivity contribution >= 4 is 33.2 Å². The number of nitrogens with one attached hydrogen (secondary N) is 1. The largest absolute Gasteiger partial charge is 0.573 e. The summed E-state index contributed by atoms with van der Waals surface area (Å²) < 4.78 is 84.3. The maximum atomic E-state index is 15.4. The van der Waals surface area contributed by atoms with E-state index in [0.29, 0.717) is 11.6 Å². The summed E-state index contributed by atoms with van der Waals surface area (Å²) in [6.45, 7) is 1.33. The summed E-state index contributed by atoms with van der Waals surface area (Å²) >= 11 is 0. The van der Waals surface area contributed by atoms with Crippen molar-refractivity contribution in [3.8, 4) is 17.2 Å². The molecule has 2 amide bonds. The van der Waals surface area contributed by atoms with Crippen LogP contribution in [0.25, 0.3) is 0 Å². The van der Waals surface area contributed by atoms with E-state index in [1.807, 2.05) is 0 Å². The summed E-state index contributed by atoms with van der Waals surface area (Å²) in [5, 5.41) is 25.7. The number of nitro benzene ring substituents is 1. The molecule has 2 N–H and O–H groups in total. The van der Waals surface area contributed by atoms with E-state index in [0.717, 1.165) is 37.4 Å². The molecule has 0 spiro atoms. The number of anilines is 1. The Kier molecular flexibility index (Phi) is 8.80. The van der Waals surface area contributed by atoms with Crippen LogP contribution in [-0.4, -0.2) is 88.1 Å². The summed E-state index contributed by atoms with van der Waals surface area (Å²) in [5.74, 6) is -3.32. The summed E-state index contributed by atoms with van der Waals surface area (Å²) in [7, 11) is -0.196. The lowest BCUT2D eigenvalue weighted by Gasteiger charge is -2.48. The third-order valence-electron chi connectivity index (χ3n) is 9.02. The van der Waals surface area contributed by atoms with Gasteiger partial charge in [-0.15, -0.1) is 13.2 Å². The van der Waals surface area contributed by atoms with Crippen LogP contribution in [0.5, 0.6) is 17.2 Å². The molecule has 3 aromatic carbocycles. The minimum Gasteiger partial charge on any atom is -0.497 e. The number of non-ortho nitro benzene ring substituents is 1. The Labute approximate surface area is 278 Å². The number of alkyl halides is 3. The number of aliphatic hydroxyl groups is 1. The minimum atomic E-state index is -5.37. The van der Waals surface area contributed by atoms with Crippen LogP contribution in [0.1, 0.15) is 23.1 Å². The standard InChI is InChI=1S/C31H31F3N4O10S/c1-17-6-10-25(47-5)22(12-17)30(38(3)16-19(39)14-24(38)28(40)35-2)21-13-18(37(42)43)7-9-23(21)36(29(30)41)49(44,45)27-11-8-20(46-4)15-26(27)48-31(32,33)34/h6-13,15,19,24,39H,14,16H2,1-5H3/p+1/t19-,24+,30?,38?/m1/s1. The second kappa shape index (κ2) is 12.2. The number of carbonyl (C=O) groups is 2. The molecular formula is C31H32F3N4O10S+. The van der Waals surface area contributed by atoms with Crippen LogP contribution in [0.15, 0.2) is 59.5 Å². The summed E-state index contributed by atoms with van der Waals surface area (Å²) in [6.07, 6.45) is -6.78. The number of halogens is 3. The molecule has 1 fully saturated rings. The zero-order chi connectivity index (χ0) is 36.3. The Balaban J connectivity index is 1.95. The first-order valence-corrected chi connectivity index (χ1v) is 16.0. The fourth-order valence-electron chi connectivity index (χ4n) is 7.01. The molecule has 2 aliphatic rings. The number of aliphatic hydroxyl groups excluding tert-OH is 1. The maximum absolute atomic E-state index is 15.4. The van der Waals surface area contributed by atoms with Gasteiger partial charge in [-0.1, -0.05) is 11.6 Å². The number of rotatable bonds is 9. The number of likely N-dealkylation sites (tertiary alicyclic amines) is 1. The smallest absolute Gasteiger partial charge is 0.497 e. The summed E-state index contributed by atoms with van der Waals surface area (Å²) in [6, 6.07) is 8.79. The first-order valence-electron chi connectivity index (χ1n) is 14.6. The minimum absolute atomic E-state index is 0.00792. The number of nitro groups is 1. The quantitative estimate of drug-likeness (QED) is 0.191. The van der Waals surface area contributed by atoms with Gasteiger partial charge in [0, 0.05) is 31.7 Å². The van der Waals surface area contributed by atoms with E-state index in [1.54, 1.807) is 13.0 Å². The van der Waals surface area contributed by atoms with Gasteiger partial charge in [0.05, 0.1) is 43.0 Å². The van der Waals surface area contributed by atoms with Crippen molar-refractivity contribution in [2.75, 3.05) is 39.2 Å². The van der Waals surface area contributed by atoms with Crippen molar-refractivity contribution < 1.29 is 59.9 Å². The molecule has 2 unspecified atom stereocenters. The lowest BCUT2D eigenvalue weighted by atomic mass is 9.78. The molecule has 2 heterocycles. The number of aryl methyl sites for hydroxylation is 1. The summed E-state index contributed by atoms with van der Waals surface area (Å²) in [5.41, 5.74) is -3.12.